The lowest BCUT2D eigenvalue weighted by Crippen LogP contribution is -2.45. The average Bonchev–Trinajstić information content (AvgIpc) is 3.15. The minimum absolute atomic E-state index is 0.264. The first kappa shape index (κ1) is 19.6. The van der Waals surface area contributed by atoms with E-state index in [0.29, 0.717) is 17.2 Å². The number of imidazole rings is 1. The number of hydrogen-bond donors (Lipinski definition) is 2. The molecule has 152 valence electrons. The molecule has 3 N–H and O–H groups in total. The van der Waals surface area contributed by atoms with E-state index in [2.05, 4.69) is 21.4 Å². The molecule has 1 aliphatic heterocycles. The Morgan fingerprint density at radius 3 is 2.87 bits per heavy atom. The van der Waals surface area contributed by atoms with Crippen LogP contribution in [-0.2, 0) is 0 Å². The highest BCUT2D eigenvalue weighted by Gasteiger charge is 2.19. The summed E-state index contributed by atoms with van der Waals surface area (Å²) in [5, 5.41) is 12.7. The summed E-state index contributed by atoms with van der Waals surface area (Å²) in [5.41, 5.74) is 10.2. The molecule has 1 saturated heterocycles. The van der Waals surface area contributed by atoms with Crippen LogP contribution in [0.3, 0.4) is 0 Å². The van der Waals surface area contributed by atoms with Gasteiger partial charge >= 0.3 is 0 Å². The first-order valence-electron chi connectivity index (χ1n) is 9.77. The largest absolute Gasteiger partial charge is 0.469 e. The predicted molar refractivity (Wildman–Crippen MR) is 115 cm³/mol. The SMILES string of the molecule is CC(=NC1CNC1)/C(=C\N)c1cc(OC(C)c2ccccn2)n2c(C#N)cnc2c1. The molecular formula is C22H23N7O. The third kappa shape index (κ3) is 3.75. The highest BCUT2D eigenvalue weighted by Crippen LogP contribution is 2.28. The summed E-state index contributed by atoms with van der Waals surface area (Å²) in [5.74, 6) is 0.493. The third-order valence-corrected chi connectivity index (χ3v) is 5.09. The van der Waals surface area contributed by atoms with Crippen LogP contribution in [0.4, 0.5) is 0 Å². The highest BCUT2D eigenvalue weighted by molar-refractivity contribution is 6.22. The highest BCUT2D eigenvalue weighted by atomic mass is 16.5. The fourth-order valence-corrected chi connectivity index (χ4v) is 3.39. The van der Waals surface area contributed by atoms with Gasteiger partial charge in [-0.1, -0.05) is 6.07 Å². The molecule has 1 unspecified atom stereocenters. The van der Waals surface area contributed by atoms with Gasteiger partial charge in [0.05, 0.1) is 17.9 Å². The second-order valence-electron chi connectivity index (χ2n) is 7.15. The number of ether oxygens (including phenoxy) is 1. The van der Waals surface area contributed by atoms with Crippen molar-refractivity contribution in [2.75, 3.05) is 13.1 Å². The Morgan fingerprint density at radius 2 is 2.23 bits per heavy atom. The summed E-state index contributed by atoms with van der Waals surface area (Å²) in [6, 6.07) is 11.9. The van der Waals surface area contributed by atoms with Crippen molar-refractivity contribution in [3.05, 3.63) is 65.9 Å². The van der Waals surface area contributed by atoms with Crippen molar-refractivity contribution in [1.82, 2.24) is 19.7 Å². The first-order chi connectivity index (χ1) is 14.6. The number of nitrogens with one attached hydrogen (secondary N) is 1. The molecule has 4 heterocycles. The molecule has 3 aromatic rings. The van der Waals surface area contributed by atoms with Gasteiger partial charge in [0.2, 0.25) is 5.88 Å². The van der Waals surface area contributed by atoms with E-state index < -0.39 is 0 Å². The minimum atomic E-state index is -0.320. The number of hydrogen-bond acceptors (Lipinski definition) is 7. The van der Waals surface area contributed by atoms with E-state index in [1.165, 1.54) is 6.20 Å². The van der Waals surface area contributed by atoms with Gasteiger partial charge in [-0.25, -0.2) is 4.98 Å². The Balaban J connectivity index is 1.77. The van der Waals surface area contributed by atoms with Crippen LogP contribution in [0.5, 0.6) is 5.88 Å². The van der Waals surface area contributed by atoms with Crippen LogP contribution in [0, 0.1) is 11.3 Å². The standard InChI is InChI=1S/C22H23N7O/c1-14(28-17-11-25-12-17)19(10-24)16-7-21-27-13-18(9-23)29(21)22(8-16)30-15(2)20-5-3-4-6-26-20/h3-8,10,13,15,17,25H,11-12,24H2,1-2H3/b19-10+,28-14?. The van der Waals surface area contributed by atoms with E-state index in [4.69, 9.17) is 15.5 Å². The van der Waals surface area contributed by atoms with Gasteiger partial charge in [0.25, 0.3) is 0 Å². The summed E-state index contributed by atoms with van der Waals surface area (Å²) < 4.78 is 7.93. The number of fused-ring (bicyclic) bond motifs is 1. The van der Waals surface area contributed by atoms with Gasteiger partial charge in [0, 0.05) is 42.8 Å². The van der Waals surface area contributed by atoms with Crippen molar-refractivity contribution in [3.63, 3.8) is 0 Å². The Labute approximate surface area is 174 Å². The maximum absolute atomic E-state index is 9.51. The zero-order chi connectivity index (χ0) is 21.1. The van der Waals surface area contributed by atoms with E-state index in [9.17, 15) is 5.26 Å². The van der Waals surface area contributed by atoms with E-state index in [1.54, 1.807) is 16.8 Å². The number of rotatable bonds is 6. The van der Waals surface area contributed by atoms with Crippen molar-refractivity contribution < 1.29 is 4.74 Å². The molecule has 8 nitrogen and oxygen atoms in total. The number of nitrogens with two attached hydrogens (primary N) is 1. The second kappa shape index (κ2) is 8.35. The first-order valence-corrected chi connectivity index (χ1v) is 9.77. The number of nitrogens with zero attached hydrogens (tertiary/aromatic N) is 5. The number of allylic oxidation sites excluding steroid dienone is 1. The third-order valence-electron chi connectivity index (χ3n) is 5.09. The molecule has 1 atom stereocenters. The summed E-state index contributed by atoms with van der Waals surface area (Å²) >= 11 is 0. The van der Waals surface area contributed by atoms with Gasteiger partial charge in [0.1, 0.15) is 23.5 Å². The van der Waals surface area contributed by atoms with Crippen molar-refractivity contribution in [1.29, 1.82) is 5.26 Å². The molecule has 0 amide bonds. The van der Waals surface area contributed by atoms with Crippen LogP contribution < -0.4 is 15.8 Å². The lowest BCUT2D eigenvalue weighted by Gasteiger charge is -2.24. The zero-order valence-electron chi connectivity index (χ0n) is 16.9. The number of aliphatic imine (C=N–C) groups is 1. The lowest BCUT2D eigenvalue weighted by atomic mass is 10.0. The topological polar surface area (TPSA) is 114 Å². The lowest BCUT2D eigenvalue weighted by molar-refractivity contribution is 0.210. The molecule has 0 aromatic carbocycles. The van der Waals surface area contributed by atoms with Crippen LogP contribution in [-0.4, -0.2) is 39.2 Å². The van der Waals surface area contributed by atoms with Crippen LogP contribution >= 0.6 is 0 Å². The summed E-state index contributed by atoms with van der Waals surface area (Å²) in [4.78, 5) is 13.5. The quantitative estimate of drug-likeness (QED) is 0.614. The molecule has 1 aliphatic rings. The molecule has 30 heavy (non-hydrogen) atoms. The average molecular weight is 401 g/mol. The van der Waals surface area contributed by atoms with Crippen LogP contribution in [0.2, 0.25) is 0 Å². The van der Waals surface area contributed by atoms with Gasteiger partial charge in [0.15, 0.2) is 0 Å². The van der Waals surface area contributed by atoms with Crippen molar-refractivity contribution in [3.8, 4) is 11.9 Å². The molecule has 0 saturated carbocycles. The predicted octanol–water partition coefficient (Wildman–Crippen LogP) is 2.47. The Morgan fingerprint density at radius 1 is 1.40 bits per heavy atom. The Hall–Kier alpha value is -3.70. The Kier molecular flexibility index (Phi) is 5.46. The van der Waals surface area contributed by atoms with Crippen molar-refractivity contribution in [2.24, 2.45) is 10.7 Å². The summed E-state index contributed by atoms with van der Waals surface area (Å²) in [6.45, 7) is 5.61. The second-order valence-corrected chi connectivity index (χ2v) is 7.15. The van der Waals surface area contributed by atoms with Gasteiger partial charge in [-0.3, -0.25) is 14.4 Å². The molecule has 0 radical (unpaired) electrons. The summed E-state index contributed by atoms with van der Waals surface area (Å²) in [6.07, 6.45) is 4.49. The monoisotopic (exact) mass is 401 g/mol. The van der Waals surface area contributed by atoms with Crippen molar-refractivity contribution >= 4 is 16.9 Å². The van der Waals surface area contributed by atoms with Crippen molar-refractivity contribution in [2.45, 2.75) is 26.0 Å². The van der Waals surface area contributed by atoms with Crippen LogP contribution in [0.15, 0.2) is 53.9 Å². The van der Waals surface area contributed by atoms with E-state index in [-0.39, 0.29) is 12.1 Å². The molecular weight excluding hydrogens is 378 g/mol. The maximum Gasteiger partial charge on any atom is 0.201 e. The number of pyridine rings is 2. The van der Waals surface area contributed by atoms with Gasteiger partial charge in [-0.15, -0.1) is 0 Å². The number of aromatic nitrogens is 3. The van der Waals surface area contributed by atoms with Gasteiger partial charge < -0.3 is 15.8 Å². The number of nitriles is 1. The molecule has 8 heteroatoms. The van der Waals surface area contributed by atoms with Crippen LogP contribution in [0.1, 0.15) is 36.9 Å². The normalized spacial score (nSPS) is 16.2. The van der Waals surface area contributed by atoms with E-state index >= 15 is 0 Å². The smallest absolute Gasteiger partial charge is 0.201 e. The molecule has 0 spiro atoms. The van der Waals surface area contributed by atoms with Crippen LogP contribution in [0.25, 0.3) is 11.2 Å². The van der Waals surface area contributed by atoms with Gasteiger partial charge in [-0.2, -0.15) is 5.26 Å². The van der Waals surface area contributed by atoms with E-state index in [1.807, 2.05) is 44.2 Å². The molecule has 1 fully saturated rings. The van der Waals surface area contributed by atoms with E-state index in [0.717, 1.165) is 35.6 Å². The molecule has 0 bridgehead atoms. The fourth-order valence-electron chi connectivity index (χ4n) is 3.39. The Bertz CT molecular complexity index is 1150. The molecule has 4 rings (SSSR count). The zero-order valence-corrected chi connectivity index (χ0v) is 16.9. The summed E-state index contributed by atoms with van der Waals surface area (Å²) in [7, 11) is 0. The fraction of sp³-hybridized carbons (Fsp3) is 0.273. The molecule has 0 aliphatic carbocycles. The maximum atomic E-state index is 9.51. The minimum Gasteiger partial charge on any atom is -0.469 e. The molecule has 3 aromatic heterocycles. The van der Waals surface area contributed by atoms with Gasteiger partial charge in [-0.05, 0) is 37.6 Å².